The third-order valence-corrected chi connectivity index (χ3v) is 9.15. The Morgan fingerprint density at radius 1 is 1.06 bits per heavy atom. The maximum Gasteiger partial charge on any atom is 0.416 e. The molecule has 1 fully saturated rings. The van der Waals surface area contributed by atoms with Crippen LogP contribution in [0.5, 0.6) is 0 Å². The van der Waals surface area contributed by atoms with Crippen LogP contribution in [0.25, 0.3) is 0 Å². The molecule has 2 amide bonds. The van der Waals surface area contributed by atoms with Gasteiger partial charge in [-0.3, -0.25) is 4.79 Å². The van der Waals surface area contributed by atoms with Crippen molar-refractivity contribution < 1.29 is 35.9 Å². The number of hydrogen-bond acceptors (Lipinski definition) is 5. The average Bonchev–Trinajstić information content (AvgIpc) is 2.75. The Hall–Kier alpha value is -2.30. The monoisotopic (exact) mass is 534 g/mol. The summed E-state index contributed by atoms with van der Waals surface area (Å²) in [4.78, 5) is 26.6. The fourth-order valence-electron chi connectivity index (χ4n) is 4.30. The molecule has 36 heavy (non-hydrogen) atoms. The van der Waals surface area contributed by atoms with Crippen molar-refractivity contribution in [3.63, 3.8) is 0 Å². The lowest BCUT2D eigenvalue weighted by Crippen LogP contribution is -2.55. The topological polar surface area (TPSA) is 92.8 Å². The molecule has 0 aliphatic carbocycles. The van der Waals surface area contributed by atoms with Crippen molar-refractivity contribution >= 4 is 21.8 Å². The van der Waals surface area contributed by atoms with Crippen molar-refractivity contribution in [2.75, 3.05) is 13.1 Å². The highest BCUT2D eigenvalue weighted by molar-refractivity contribution is 7.92. The molecule has 0 unspecified atom stereocenters. The number of sulfone groups is 1. The molecule has 0 spiro atoms. The summed E-state index contributed by atoms with van der Waals surface area (Å²) in [6.07, 6.45) is -4.64. The normalized spacial score (nSPS) is 17.1. The summed E-state index contributed by atoms with van der Waals surface area (Å²) >= 11 is 0. The Morgan fingerprint density at radius 2 is 1.61 bits per heavy atom. The molecule has 1 heterocycles. The Morgan fingerprint density at radius 3 is 2.08 bits per heavy atom. The van der Waals surface area contributed by atoms with Gasteiger partial charge < -0.3 is 15.0 Å². The SMILES string of the molecule is CC(C)[C@@H](NC(=O)OC(C)(C)C)C(=O)N1CCC(C(C)(C)S(=O)(=O)c2cccc(C(F)(F)F)c2)CC1. The number of carbonyl (C=O) groups excluding carboxylic acids is 2. The quantitative estimate of drug-likeness (QED) is 0.552. The predicted octanol–water partition coefficient (Wildman–Crippen LogP) is 5.05. The third kappa shape index (κ3) is 6.92. The maximum absolute atomic E-state index is 13.4. The minimum atomic E-state index is -4.65. The smallest absolute Gasteiger partial charge is 0.416 e. The predicted molar refractivity (Wildman–Crippen MR) is 130 cm³/mol. The van der Waals surface area contributed by atoms with Crippen molar-refractivity contribution in [1.82, 2.24) is 10.2 Å². The number of alkyl carbamates (subject to hydrolysis) is 1. The second-order valence-electron chi connectivity index (χ2n) is 11.1. The van der Waals surface area contributed by atoms with E-state index in [0.29, 0.717) is 18.9 Å². The highest BCUT2D eigenvalue weighted by Gasteiger charge is 2.45. The summed E-state index contributed by atoms with van der Waals surface area (Å²) in [6, 6.07) is 2.98. The van der Waals surface area contributed by atoms with Gasteiger partial charge in [-0.25, -0.2) is 13.2 Å². The number of amides is 2. The van der Waals surface area contributed by atoms with Crippen molar-refractivity contribution in [2.24, 2.45) is 11.8 Å². The molecule has 0 radical (unpaired) electrons. The van der Waals surface area contributed by atoms with Crippen LogP contribution >= 0.6 is 0 Å². The zero-order valence-corrected chi connectivity index (χ0v) is 22.7. The average molecular weight is 535 g/mol. The highest BCUT2D eigenvalue weighted by atomic mass is 32.2. The van der Waals surface area contributed by atoms with Gasteiger partial charge in [-0.2, -0.15) is 13.2 Å². The number of nitrogens with zero attached hydrogens (tertiary/aromatic N) is 1. The summed E-state index contributed by atoms with van der Waals surface area (Å²) < 4.78 is 70.1. The molecule has 1 aliphatic rings. The summed E-state index contributed by atoms with van der Waals surface area (Å²) in [7, 11) is -4.10. The molecule has 1 aromatic rings. The van der Waals surface area contributed by atoms with Crippen LogP contribution in [0.15, 0.2) is 29.2 Å². The van der Waals surface area contributed by atoms with Crippen molar-refractivity contribution in [1.29, 1.82) is 0 Å². The molecule has 1 atom stereocenters. The fourth-order valence-corrected chi connectivity index (χ4v) is 6.12. The number of halogens is 3. The van der Waals surface area contributed by atoms with Crippen molar-refractivity contribution in [3.8, 4) is 0 Å². The van der Waals surface area contributed by atoms with Crippen molar-refractivity contribution in [3.05, 3.63) is 29.8 Å². The van der Waals surface area contributed by atoms with E-state index in [1.54, 1.807) is 39.5 Å². The fraction of sp³-hybridized carbons (Fsp3) is 0.680. The Bertz CT molecular complexity index is 1050. The van der Waals surface area contributed by atoms with Gasteiger partial charge in [-0.15, -0.1) is 0 Å². The van der Waals surface area contributed by atoms with E-state index >= 15 is 0 Å². The number of carbonyl (C=O) groups is 2. The molecule has 1 N–H and O–H groups in total. The highest BCUT2D eigenvalue weighted by Crippen LogP contribution is 2.39. The Kier molecular flexibility index (Phi) is 8.80. The summed E-state index contributed by atoms with van der Waals surface area (Å²) in [5.74, 6) is -0.870. The summed E-state index contributed by atoms with van der Waals surface area (Å²) in [5.41, 5.74) is -1.74. The van der Waals surface area contributed by atoms with Gasteiger partial charge >= 0.3 is 12.3 Å². The van der Waals surface area contributed by atoms with Gasteiger partial charge in [0.05, 0.1) is 15.2 Å². The van der Waals surface area contributed by atoms with Gasteiger partial charge in [0.15, 0.2) is 9.84 Å². The van der Waals surface area contributed by atoms with Gasteiger partial charge in [-0.05, 0) is 77.5 Å². The van der Waals surface area contributed by atoms with Gasteiger partial charge in [0.2, 0.25) is 5.91 Å². The van der Waals surface area contributed by atoms with Gasteiger partial charge in [0.25, 0.3) is 0 Å². The van der Waals surface area contributed by atoms with E-state index in [2.05, 4.69) is 5.32 Å². The maximum atomic E-state index is 13.4. The van der Waals surface area contributed by atoms with Gasteiger partial charge in [0, 0.05) is 13.1 Å². The molecule has 0 bridgehead atoms. The van der Waals surface area contributed by atoms with E-state index in [0.717, 1.165) is 12.1 Å². The van der Waals surface area contributed by atoms with E-state index in [4.69, 9.17) is 4.74 Å². The van der Waals surface area contributed by atoms with Crippen LogP contribution < -0.4 is 5.32 Å². The molecule has 204 valence electrons. The first-order valence-electron chi connectivity index (χ1n) is 12.0. The number of benzene rings is 1. The van der Waals surface area contributed by atoms with Crippen LogP contribution in [-0.2, 0) is 25.5 Å². The number of ether oxygens (including phenoxy) is 1. The molecule has 2 rings (SSSR count). The number of hydrogen-bond donors (Lipinski definition) is 1. The lowest BCUT2D eigenvalue weighted by molar-refractivity contribution is -0.138. The van der Waals surface area contributed by atoms with Crippen LogP contribution in [0.1, 0.15) is 66.9 Å². The lowest BCUT2D eigenvalue weighted by atomic mass is 9.85. The van der Waals surface area contributed by atoms with Crippen LogP contribution in [0, 0.1) is 11.8 Å². The van der Waals surface area contributed by atoms with E-state index in [1.807, 2.05) is 0 Å². The van der Waals surface area contributed by atoms with Crippen LogP contribution in [0.3, 0.4) is 0 Å². The molecular formula is C25H37F3N2O5S. The molecule has 11 heteroatoms. The Balaban J connectivity index is 2.14. The zero-order chi connectivity index (χ0) is 27.7. The lowest BCUT2D eigenvalue weighted by Gasteiger charge is -2.41. The first-order valence-corrected chi connectivity index (χ1v) is 13.5. The number of likely N-dealkylation sites (tertiary alicyclic amines) is 1. The standard InChI is InChI=1S/C25H37F3N2O5S/c1-16(2)20(29-22(32)35-23(3,4)5)21(31)30-13-11-17(12-14-30)24(6,7)36(33,34)19-10-8-9-18(15-19)25(26,27)28/h8-10,15-17,20H,11-14H2,1-7H3,(H,29,32)/t20-/m1/s1. The van der Waals surface area contributed by atoms with Crippen LogP contribution in [0.4, 0.5) is 18.0 Å². The second kappa shape index (κ2) is 10.6. The first kappa shape index (κ1) is 29.9. The largest absolute Gasteiger partial charge is 0.444 e. The molecular weight excluding hydrogens is 497 g/mol. The van der Waals surface area contributed by atoms with Gasteiger partial charge in [-0.1, -0.05) is 19.9 Å². The summed E-state index contributed by atoms with van der Waals surface area (Å²) in [5, 5.41) is 2.63. The van der Waals surface area contributed by atoms with Gasteiger partial charge in [0.1, 0.15) is 11.6 Å². The second-order valence-corrected chi connectivity index (χ2v) is 13.6. The number of nitrogens with one attached hydrogen (secondary N) is 1. The molecule has 7 nitrogen and oxygen atoms in total. The van der Waals surface area contributed by atoms with E-state index in [-0.39, 0.29) is 35.7 Å². The Labute approximate surface area is 211 Å². The van der Waals surface area contributed by atoms with E-state index in [9.17, 15) is 31.2 Å². The minimum Gasteiger partial charge on any atom is -0.444 e. The minimum absolute atomic E-state index is 0.208. The van der Waals surface area contributed by atoms with Crippen molar-refractivity contribution in [2.45, 2.75) is 88.8 Å². The molecule has 0 saturated carbocycles. The number of piperidine rings is 1. The molecule has 1 saturated heterocycles. The van der Waals surface area contributed by atoms with Crippen LogP contribution in [0.2, 0.25) is 0 Å². The third-order valence-electron chi connectivity index (χ3n) is 6.56. The molecule has 0 aromatic heterocycles. The summed E-state index contributed by atoms with van der Waals surface area (Å²) in [6.45, 7) is 12.3. The van der Waals surface area contributed by atoms with Crippen LogP contribution in [-0.4, -0.2) is 54.8 Å². The van der Waals surface area contributed by atoms with E-state index in [1.165, 1.54) is 19.9 Å². The number of rotatable bonds is 6. The number of alkyl halides is 3. The first-order chi connectivity index (χ1) is 16.3. The zero-order valence-electron chi connectivity index (χ0n) is 21.9. The molecule has 1 aromatic carbocycles. The molecule has 1 aliphatic heterocycles. The van der Waals surface area contributed by atoms with E-state index < -0.39 is 44.1 Å².